The topological polar surface area (TPSA) is 41.5 Å². The molecule has 1 aromatic rings. The van der Waals surface area contributed by atoms with Crippen LogP contribution < -0.4 is 10.1 Å². The molecule has 0 aromatic heterocycles. The molecule has 1 atom stereocenters. The van der Waals surface area contributed by atoms with Crippen molar-refractivity contribution in [2.24, 2.45) is 0 Å². The molecule has 3 nitrogen and oxygen atoms in total. The first-order chi connectivity index (χ1) is 8.15. The number of halogens is 2. The Bertz CT molecular complexity index is 383. The van der Waals surface area contributed by atoms with E-state index in [1.807, 2.05) is 19.1 Å². The molecular formula is C13H19Cl2NO2. The van der Waals surface area contributed by atoms with Crippen LogP contribution in [0, 0.1) is 6.92 Å². The van der Waals surface area contributed by atoms with Crippen LogP contribution in [-0.2, 0) is 0 Å². The van der Waals surface area contributed by atoms with Gasteiger partial charge in [0, 0.05) is 17.6 Å². The third-order valence-electron chi connectivity index (χ3n) is 2.79. The molecule has 18 heavy (non-hydrogen) atoms. The van der Waals surface area contributed by atoms with Crippen LogP contribution in [0.15, 0.2) is 18.2 Å². The summed E-state index contributed by atoms with van der Waals surface area (Å²) >= 11 is 5.86. The van der Waals surface area contributed by atoms with Crippen LogP contribution in [0.3, 0.4) is 0 Å². The molecule has 0 saturated heterocycles. The van der Waals surface area contributed by atoms with Crippen LogP contribution in [0.4, 0.5) is 0 Å². The Hall–Kier alpha value is -0.480. The first-order valence-corrected chi connectivity index (χ1v) is 6.33. The van der Waals surface area contributed by atoms with Gasteiger partial charge in [-0.3, -0.25) is 0 Å². The lowest BCUT2D eigenvalue weighted by Gasteiger charge is -2.14. The number of aliphatic hydroxyl groups is 1. The largest absolute Gasteiger partial charge is 0.491 e. The maximum absolute atomic E-state index is 9.72. The number of hydrogen-bond acceptors (Lipinski definition) is 3. The van der Waals surface area contributed by atoms with Crippen molar-refractivity contribution in [1.82, 2.24) is 5.32 Å². The van der Waals surface area contributed by atoms with Crippen molar-refractivity contribution in [3.05, 3.63) is 28.8 Å². The summed E-state index contributed by atoms with van der Waals surface area (Å²) in [6, 6.07) is 6.09. The number of aryl methyl sites for hydroxylation is 1. The van der Waals surface area contributed by atoms with E-state index < -0.39 is 6.10 Å². The van der Waals surface area contributed by atoms with Gasteiger partial charge in [-0.15, -0.1) is 12.4 Å². The van der Waals surface area contributed by atoms with Crippen molar-refractivity contribution in [3.63, 3.8) is 0 Å². The summed E-state index contributed by atoms with van der Waals surface area (Å²) in [4.78, 5) is 0. The fraction of sp³-hybridized carbons (Fsp3) is 0.538. The second-order valence-electron chi connectivity index (χ2n) is 4.56. The Morgan fingerprint density at radius 3 is 2.83 bits per heavy atom. The predicted molar refractivity (Wildman–Crippen MR) is 76.0 cm³/mol. The van der Waals surface area contributed by atoms with Gasteiger partial charge in [-0.05, 0) is 43.5 Å². The number of rotatable bonds is 6. The third-order valence-corrected chi connectivity index (χ3v) is 3.02. The normalized spacial score (nSPS) is 15.9. The zero-order chi connectivity index (χ0) is 12.3. The lowest BCUT2D eigenvalue weighted by Crippen LogP contribution is -2.32. The van der Waals surface area contributed by atoms with Crippen LogP contribution in [0.25, 0.3) is 0 Å². The third kappa shape index (κ3) is 5.02. The molecule has 5 heteroatoms. The maximum atomic E-state index is 9.72. The number of benzene rings is 1. The van der Waals surface area contributed by atoms with E-state index in [2.05, 4.69) is 5.32 Å². The highest BCUT2D eigenvalue weighted by atomic mass is 35.5. The van der Waals surface area contributed by atoms with Gasteiger partial charge in [0.2, 0.25) is 0 Å². The molecule has 0 amide bonds. The van der Waals surface area contributed by atoms with Crippen LogP contribution in [0.1, 0.15) is 18.4 Å². The fourth-order valence-electron chi connectivity index (χ4n) is 1.61. The molecule has 1 aliphatic rings. The van der Waals surface area contributed by atoms with E-state index in [4.69, 9.17) is 16.3 Å². The molecule has 0 spiro atoms. The van der Waals surface area contributed by atoms with Gasteiger partial charge in [0.1, 0.15) is 18.5 Å². The zero-order valence-electron chi connectivity index (χ0n) is 10.4. The van der Waals surface area contributed by atoms with Crippen LogP contribution in [-0.4, -0.2) is 30.4 Å². The molecule has 1 aromatic carbocycles. The quantitative estimate of drug-likeness (QED) is 0.846. The molecule has 1 saturated carbocycles. The lowest BCUT2D eigenvalue weighted by molar-refractivity contribution is 0.106. The minimum absolute atomic E-state index is 0. The van der Waals surface area contributed by atoms with E-state index in [0.717, 1.165) is 11.3 Å². The average molecular weight is 292 g/mol. The standard InChI is InChI=1S/C13H18ClNO2.ClH/c1-9-6-10(14)2-5-13(9)17-8-12(16)7-15-11-3-4-11;/h2,5-6,11-12,15-16H,3-4,7-8H2,1H3;1H. The van der Waals surface area contributed by atoms with E-state index in [-0.39, 0.29) is 12.4 Å². The summed E-state index contributed by atoms with van der Waals surface area (Å²) in [6.45, 7) is 2.84. The van der Waals surface area contributed by atoms with Crippen LogP contribution >= 0.6 is 24.0 Å². The molecule has 1 aliphatic carbocycles. The van der Waals surface area contributed by atoms with E-state index in [1.165, 1.54) is 12.8 Å². The Kier molecular flexibility index (Phi) is 6.22. The van der Waals surface area contributed by atoms with Crippen molar-refractivity contribution >= 4 is 24.0 Å². The molecular weight excluding hydrogens is 273 g/mol. The monoisotopic (exact) mass is 291 g/mol. The van der Waals surface area contributed by atoms with Crippen molar-refractivity contribution in [1.29, 1.82) is 0 Å². The molecule has 0 aliphatic heterocycles. The molecule has 2 rings (SSSR count). The molecule has 102 valence electrons. The maximum Gasteiger partial charge on any atom is 0.122 e. The van der Waals surface area contributed by atoms with Gasteiger partial charge in [0.15, 0.2) is 0 Å². The summed E-state index contributed by atoms with van der Waals surface area (Å²) < 4.78 is 5.56. The number of ether oxygens (including phenoxy) is 1. The highest BCUT2D eigenvalue weighted by molar-refractivity contribution is 6.30. The van der Waals surface area contributed by atoms with Crippen LogP contribution in [0.5, 0.6) is 5.75 Å². The Morgan fingerprint density at radius 2 is 2.22 bits per heavy atom. The number of aliphatic hydroxyl groups excluding tert-OH is 1. The second-order valence-corrected chi connectivity index (χ2v) is 4.99. The summed E-state index contributed by atoms with van der Waals surface area (Å²) in [7, 11) is 0. The highest BCUT2D eigenvalue weighted by Crippen LogP contribution is 2.22. The van der Waals surface area contributed by atoms with Gasteiger partial charge in [-0.1, -0.05) is 11.6 Å². The predicted octanol–water partition coefficient (Wildman–Crippen LogP) is 2.56. The SMILES string of the molecule is Cc1cc(Cl)ccc1OCC(O)CNC1CC1.Cl. The zero-order valence-corrected chi connectivity index (χ0v) is 11.9. The minimum atomic E-state index is -0.467. The van der Waals surface area contributed by atoms with Gasteiger partial charge in [-0.25, -0.2) is 0 Å². The van der Waals surface area contributed by atoms with Crippen molar-refractivity contribution in [2.45, 2.75) is 31.9 Å². The van der Waals surface area contributed by atoms with Gasteiger partial charge in [0.05, 0.1) is 0 Å². The van der Waals surface area contributed by atoms with Crippen molar-refractivity contribution in [2.75, 3.05) is 13.2 Å². The molecule has 1 unspecified atom stereocenters. The first kappa shape index (κ1) is 15.6. The second kappa shape index (κ2) is 7.19. The highest BCUT2D eigenvalue weighted by Gasteiger charge is 2.21. The van der Waals surface area contributed by atoms with E-state index in [0.29, 0.717) is 24.2 Å². The lowest BCUT2D eigenvalue weighted by atomic mass is 10.2. The Labute approximate surface area is 119 Å². The summed E-state index contributed by atoms with van der Waals surface area (Å²) in [5.41, 5.74) is 0.986. The van der Waals surface area contributed by atoms with Gasteiger partial charge in [-0.2, -0.15) is 0 Å². The van der Waals surface area contributed by atoms with Gasteiger partial charge < -0.3 is 15.2 Å². The molecule has 0 radical (unpaired) electrons. The van der Waals surface area contributed by atoms with Crippen LogP contribution in [0.2, 0.25) is 5.02 Å². The Balaban J connectivity index is 0.00000162. The average Bonchev–Trinajstić information content (AvgIpc) is 3.09. The minimum Gasteiger partial charge on any atom is -0.491 e. The van der Waals surface area contributed by atoms with E-state index >= 15 is 0 Å². The molecule has 0 heterocycles. The Morgan fingerprint density at radius 1 is 1.50 bits per heavy atom. The molecule has 0 bridgehead atoms. The summed E-state index contributed by atoms with van der Waals surface area (Å²) in [5, 5.41) is 13.7. The molecule has 1 fully saturated rings. The first-order valence-electron chi connectivity index (χ1n) is 5.95. The van der Waals surface area contributed by atoms with Crippen molar-refractivity contribution in [3.8, 4) is 5.75 Å². The summed E-state index contributed by atoms with van der Waals surface area (Å²) in [6.07, 6.45) is 1.99. The van der Waals surface area contributed by atoms with Crippen molar-refractivity contribution < 1.29 is 9.84 Å². The fourth-order valence-corrected chi connectivity index (χ4v) is 1.84. The van der Waals surface area contributed by atoms with E-state index in [9.17, 15) is 5.11 Å². The van der Waals surface area contributed by atoms with Gasteiger partial charge in [0.25, 0.3) is 0 Å². The van der Waals surface area contributed by atoms with E-state index in [1.54, 1.807) is 6.07 Å². The molecule has 2 N–H and O–H groups in total. The van der Waals surface area contributed by atoms with Gasteiger partial charge >= 0.3 is 0 Å². The number of hydrogen-bond donors (Lipinski definition) is 2. The summed E-state index contributed by atoms with van der Waals surface area (Å²) in [5.74, 6) is 0.778. The number of nitrogens with one attached hydrogen (secondary N) is 1. The smallest absolute Gasteiger partial charge is 0.122 e.